The lowest BCUT2D eigenvalue weighted by Crippen LogP contribution is -2.31. The molecule has 0 aliphatic carbocycles. The quantitative estimate of drug-likeness (QED) is 0.278. The molecule has 8 heteroatoms. The molecule has 1 atom stereocenters. The zero-order valence-corrected chi connectivity index (χ0v) is 22.1. The molecule has 196 valence electrons. The Morgan fingerprint density at radius 3 is 2.26 bits per heavy atom. The molecule has 6 nitrogen and oxygen atoms in total. The SMILES string of the molecule is Cc1nc(-c2ccccc2)sc1C(=O)C1=C(O)C(=O)N(c2ccc(N3CCCC3)cc2)C1c1ccc(F)cc1. The van der Waals surface area contributed by atoms with E-state index in [0.717, 1.165) is 37.2 Å². The van der Waals surface area contributed by atoms with Crippen LogP contribution in [0.4, 0.5) is 15.8 Å². The van der Waals surface area contributed by atoms with Crippen molar-refractivity contribution in [1.29, 1.82) is 0 Å². The molecule has 2 aliphatic rings. The van der Waals surface area contributed by atoms with Crippen LogP contribution in [-0.4, -0.2) is 34.9 Å². The first kappa shape index (κ1) is 25.0. The number of aryl methyl sites for hydroxylation is 1. The van der Waals surface area contributed by atoms with Gasteiger partial charge in [0.1, 0.15) is 10.8 Å². The van der Waals surface area contributed by atoms with Crippen molar-refractivity contribution in [3.05, 3.63) is 112 Å². The monoisotopic (exact) mass is 539 g/mol. The molecule has 0 spiro atoms. The van der Waals surface area contributed by atoms with E-state index in [2.05, 4.69) is 9.88 Å². The predicted octanol–water partition coefficient (Wildman–Crippen LogP) is 6.64. The Labute approximate surface area is 229 Å². The van der Waals surface area contributed by atoms with Crippen LogP contribution in [0.1, 0.15) is 39.8 Å². The zero-order valence-electron chi connectivity index (χ0n) is 21.3. The Balaban J connectivity index is 1.41. The third kappa shape index (κ3) is 4.51. The molecule has 1 aromatic heterocycles. The molecule has 1 unspecified atom stereocenters. The summed E-state index contributed by atoms with van der Waals surface area (Å²) in [5.41, 5.74) is 3.47. The van der Waals surface area contributed by atoms with Crippen LogP contribution in [0.2, 0.25) is 0 Å². The predicted molar refractivity (Wildman–Crippen MR) is 151 cm³/mol. The van der Waals surface area contributed by atoms with E-state index in [1.807, 2.05) is 54.6 Å². The van der Waals surface area contributed by atoms with Gasteiger partial charge < -0.3 is 10.0 Å². The fraction of sp³-hybridized carbons (Fsp3) is 0.194. The average Bonchev–Trinajstić information content (AvgIpc) is 3.69. The summed E-state index contributed by atoms with van der Waals surface area (Å²) in [4.78, 5) is 36.2. The van der Waals surface area contributed by atoms with Gasteiger partial charge in [-0.3, -0.25) is 14.5 Å². The Morgan fingerprint density at radius 2 is 1.59 bits per heavy atom. The highest BCUT2D eigenvalue weighted by Gasteiger charge is 2.45. The minimum atomic E-state index is -0.926. The summed E-state index contributed by atoms with van der Waals surface area (Å²) < 4.78 is 13.9. The zero-order chi connectivity index (χ0) is 27.1. The van der Waals surface area contributed by atoms with Gasteiger partial charge >= 0.3 is 0 Å². The lowest BCUT2D eigenvalue weighted by Gasteiger charge is -2.27. The van der Waals surface area contributed by atoms with Crippen molar-refractivity contribution in [2.45, 2.75) is 25.8 Å². The summed E-state index contributed by atoms with van der Waals surface area (Å²) in [5, 5.41) is 11.8. The number of carbonyl (C=O) groups is 2. The molecule has 1 saturated heterocycles. The first-order chi connectivity index (χ1) is 18.9. The Hall–Kier alpha value is -4.30. The molecule has 0 bridgehead atoms. The molecule has 0 saturated carbocycles. The number of nitrogens with zero attached hydrogens (tertiary/aromatic N) is 3. The van der Waals surface area contributed by atoms with Gasteiger partial charge in [-0.1, -0.05) is 42.5 Å². The van der Waals surface area contributed by atoms with Crippen molar-refractivity contribution in [3.8, 4) is 10.6 Å². The highest BCUT2D eigenvalue weighted by atomic mass is 32.1. The largest absolute Gasteiger partial charge is 0.503 e. The molecule has 1 fully saturated rings. The maximum absolute atomic E-state index is 14.0. The molecular weight excluding hydrogens is 513 g/mol. The number of halogens is 1. The Morgan fingerprint density at radius 1 is 0.949 bits per heavy atom. The van der Waals surface area contributed by atoms with Crippen LogP contribution in [0.3, 0.4) is 0 Å². The van der Waals surface area contributed by atoms with Crippen molar-refractivity contribution in [2.24, 2.45) is 0 Å². The molecule has 0 radical (unpaired) electrons. The van der Waals surface area contributed by atoms with E-state index in [9.17, 15) is 19.1 Å². The molecule has 1 amide bonds. The van der Waals surface area contributed by atoms with Crippen molar-refractivity contribution in [3.63, 3.8) is 0 Å². The number of benzene rings is 3. The number of ketones is 1. The second kappa shape index (κ2) is 10.1. The highest BCUT2D eigenvalue weighted by molar-refractivity contribution is 7.17. The van der Waals surface area contributed by atoms with Gasteiger partial charge in [-0.25, -0.2) is 9.37 Å². The fourth-order valence-corrected chi connectivity index (χ4v) is 6.32. The summed E-state index contributed by atoms with van der Waals surface area (Å²) in [6, 6.07) is 21.8. The van der Waals surface area contributed by atoms with Crippen LogP contribution < -0.4 is 9.80 Å². The topological polar surface area (TPSA) is 73.7 Å². The Kier molecular flexibility index (Phi) is 6.48. The van der Waals surface area contributed by atoms with E-state index < -0.39 is 29.3 Å². The standard InChI is InChI=1S/C31H26FN3O3S/c1-19-29(39-30(33-19)21-7-3-2-4-8-21)27(36)25-26(20-9-11-22(32)12-10-20)35(31(38)28(25)37)24-15-13-23(14-16-24)34-17-5-6-18-34/h2-4,7-16,26,37H,5-6,17-18H2,1H3. The number of aromatic nitrogens is 1. The van der Waals surface area contributed by atoms with E-state index in [1.165, 1.54) is 28.4 Å². The van der Waals surface area contributed by atoms with Gasteiger partial charge in [0.05, 0.1) is 22.2 Å². The van der Waals surface area contributed by atoms with Gasteiger partial charge in [-0.05, 0) is 61.7 Å². The summed E-state index contributed by atoms with van der Waals surface area (Å²) in [5.74, 6) is -2.18. The van der Waals surface area contributed by atoms with Crippen LogP contribution >= 0.6 is 11.3 Å². The van der Waals surface area contributed by atoms with Crippen LogP contribution in [0, 0.1) is 12.7 Å². The lowest BCUT2D eigenvalue weighted by molar-refractivity contribution is -0.117. The van der Waals surface area contributed by atoms with Crippen LogP contribution in [0.25, 0.3) is 10.6 Å². The normalized spacial score (nSPS) is 17.4. The first-order valence-corrected chi connectivity index (χ1v) is 13.7. The molecule has 3 aromatic carbocycles. The minimum absolute atomic E-state index is 0.0402. The van der Waals surface area contributed by atoms with Crippen molar-refractivity contribution in [2.75, 3.05) is 22.9 Å². The van der Waals surface area contributed by atoms with E-state index in [4.69, 9.17) is 0 Å². The third-order valence-corrected chi connectivity index (χ3v) is 8.47. The number of rotatable bonds is 6. The van der Waals surface area contributed by atoms with Gasteiger partial charge in [0.2, 0.25) is 5.78 Å². The van der Waals surface area contributed by atoms with E-state index >= 15 is 0 Å². The second-order valence-corrected chi connectivity index (χ2v) is 10.7. The molecule has 6 rings (SSSR count). The average molecular weight is 540 g/mol. The number of hydrogen-bond acceptors (Lipinski definition) is 6. The van der Waals surface area contributed by atoms with Crippen molar-refractivity contribution in [1.82, 2.24) is 4.98 Å². The number of thiazole rings is 1. The van der Waals surface area contributed by atoms with Gasteiger partial charge in [0.25, 0.3) is 5.91 Å². The third-order valence-electron chi connectivity index (χ3n) is 7.26. The number of carbonyl (C=O) groups excluding carboxylic acids is 2. The van der Waals surface area contributed by atoms with Gasteiger partial charge in [0, 0.05) is 30.0 Å². The van der Waals surface area contributed by atoms with Gasteiger partial charge in [0.15, 0.2) is 5.76 Å². The summed E-state index contributed by atoms with van der Waals surface area (Å²) >= 11 is 1.22. The number of aliphatic hydroxyl groups excluding tert-OH is 1. The molecule has 1 N–H and O–H groups in total. The fourth-order valence-electron chi connectivity index (χ4n) is 5.30. The molecule has 39 heavy (non-hydrogen) atoms. The molecule has 3 heterocycles. The van der Waals surface area contributed by atoms with Gasteiger partial charge in [-0.15, -0.1) is 11.3 Å². The summed E-state index contributed by atoms with van der Waals surface area (Å²) in [6.45, 7) is 3.72. The maximum atomic E-state index is 14.0. The number of anilines is 2. The van der Waals surface area contributed by atoms with Crippen molar-refractivity contribution < 1.29 is 19.1 Å². The van der Waals surface area contributed by atoms with Crippen LogP contribution in [-0.2, 0) is 4.79 Å². The van der Waals surface area contributed by atoms with E-state index in [1.54, 1.807) is 19.1 Å². The van der Waals surface area contributed by atoms with E-state index in [-0.39, 0.29) is 5.57 Å². The maximum Gasteiger partial charge on any atom is 0.294 e. The second-order valence-electron chi connectivity index (χ2n) is 9.73. The lowest BCUT2D eigenvalue weighted by atomic mass is 9.94. The summed E-state index contributed by atoms with van der Waals surface area (Å²) in [6.07, 6.45) is 2.29. The summed E-state index contributed by atoms with van der Waals surface area (Å²) in [7, 11) is 0. The highest BCUT2D eigenvalue weighted by Crippen LogP contribution is 2.43. The number of amides is 1. The number of aliphatic hydroxyl groups is 1. The minimum Gasteiger partial charge on any atom is -0.503 e. The Bertz CT molecular complexity index is 1570. The molecule has 2 aliphatic heterocycles. The smallest absolute Gasteiger partial charge is 0.294 e. The first-order valence-electron chi connectivity index (χ1n) is 12.9. The number of Topliss-reactive ketones (excluding diaryl/α,β-unsaturated/α-hetero) is 1. The molecular formula is C31H26FN3O3S. The van der Waals surface area contributed by atoms with Crippen LogP contribution in [0.15, 0.2) is 90.2 Å². The number of hydrogen-bond donors (Lipinski definition) is 1. The molecule has 4 aromatic rings. The van der Waals surface area contributed by atoms with E-state index in [0.29, 0.717) is 26.8 Å². The van der Waals surface area contributed by atoms with Crippen LogP contribution in [0.5, 0.6) is 0 Å². The van der Waals surface area contributed by atoms with Gasteiger partial charge in [-0.2, -0.15) is 0 Å². The van der Waals surface area contributed by atoms with Crippen molar-refractivity contribution >= 4 is 34.4 Å².